The van der Waals surface area contributed by atoms with Crippen LogP contribution in [-0.2, 0) is 9.84 Å². The Morgan fingerprint density at radius 2 is 2.14 bits per heavy atom. The maximum Gasteiger partial charge on any atom is 0.251 e. The number of carbonyl (C=O) groups excluding carboxylic acids is 1. The summed E-state index contributed by atoms with van der Waals surface area (Å²) in [7, 11) is -3.07. The predicted molar refractivity (Wildman–Crippen MR) is 81.2 cm³/mol. The molecule has 0 aromatic heterocycles. The number of carbonyl (C=O) groups is 1. The zero-order chi connectivity index (χ0) is 15.7. The quantitative estimate of drug-likeness (QED) is 0.807. The molecular formula is C14H20N2O4S. The second-order valence-corrected chi connectivity index (χ2v) is 7.76. The van der Waals surface area contributed by atoms with Gasteiger partial charge in [0.2, 0.25) is 0 Å². The molecule has 6 nitrogen and oxygen atoms in total. The fraction of sp³-hybridized carbons (Fsp3) is 0.500. The van der Waals surface area contributed by atoms with Gasteiger partial charge in [-0.15, -0.1) is 0 Å². The van der Waals surface area contributed by atoms with Crippen molar-refractivity contribution in [2.45, 2.75) is 25.8 Å². The average molecular weight is 312 g/mol. The number of amides is 1. The van der Waals surface area contributed by atoms with Gasteiger partial charge in [-0.2, -0.15) is 0 Å². The van der Waals surface area contributed by atoms with Gasteiger partial charge in [-0.1, -0.05) is 0 Å². The van der Waals surface area contributed by atoms with Gasteiger partial charge in [-0.05, 0) is 32.4 Å². The Morgan fingerprint density at radius 3 is 2.71 bits per heavy atom. The molecule has 1 amide bonds. The summed E-state index contributed by atoms with van der Waals surface area (Å²) in [4.78, 5) is 12.3. The van der Waals surface area contributed by atoms with Crippen molar-refractivity contribution in [2.75, 3.05) is 23.8 Å². The zero-order valence-electron chi connectivity index (χ0n) is 12.2. The third-order valence-electron chi connectivity index (χ3n) is 3.42. The molecule has 21 heavy (non-hydrogen) atoms. The van der Waals surface area contributed by atoms with E-state index in [1.54, 1.807) is 25.1 Å². The first-order valence-corrected chi connectivity index (χ1v) is 8.61. The van der Waals surface area contributed by atoms with Crippen LogP contribution in [0.2, 0.25) is 0 Å². The van der Waals surface area contributed by atoms with E-state index < -0.39 is 15.4 Å². The molecule has 1 aliphatic heterocycles. The summed E-state index contributed by atoms with van der Waals surface area (Å²) < 4.78 is 28.5. The van der Waals surface area contributed by atoms with Gasteiger partial charge >= 0.3 is 0 Å². The highest BCUT2D eigenvalue weighted by Crippen LogP contribution is 2.24. The maximum atomic E-state index is 12.3. The van der Waals surface area contributed by atoms with Crippen LogP contribution in [0.5, 0.6) is 5.75 Å². The summed E-state index contributed by atoms with van der Waals surface area (Å²) in [6.45, 7) is 4.05. The number of nitrogens with two attached hydrogens (primary N) is 1. The minimum Gasteiger partial charge on any atom is -0.494 e. The van der Waals surface area contributed by atoms with E-state index in [1.807, 2.05) is 6.92 Å². The number of benzene rings is 1. The number of rotatable bonds is 4. The fourth-order valence-corrected chi connectivity index (χ4v) is 4.55. The van der Waals surface area contributed by atoms with Gasteiger partial charge in [0.05, 0.1) is 23.7 Å². The van der Waals surface area contributed by atoms with Crippen LogP contribution in [-0.4, -0.2) is 38.0 Å². The Morgan fingerprint density at radius 1 is 1.43 bits per heavy atom. The molecule has 0 spiro atoms. The van der Waals surface area contributed by atoms with Gasteiger partial charge in [-0.25, -0.2) is 8.42 Å². The normalized spacial score (nSPS) is 23.7. The Balaban J connectivity index is 2.17. The monoisotopic (exact) mass is 312 g/mol. The SMILES string of the molecule is CCOc1cc(N)cc(C(=O)NC2(C)CCS(=O)(=O)C2)c1. The van der Waals surface area contributed by atoms with Crippen LogP contribution in [0.4, 0.5) is 5.69 Å². The van der Waals surface area contributed by atoms with Crippen molar-refractivity contribution in [1.82, 2.24) is 5.32 Å². The molecule has 0 radical (unpaired) electrons. The van der Waals surface area contributed by atoms with E-state index in [1.165, 1.54) is 0 Å². The van der Waals surface area contributed by atoms with Crippen molar-refractivity contribution in [3.63, 3.8) is 0 Å². The van der Waals surface area contributed by atoms with Crippen molar-refractivity contribution < 1.29 is 17.9 Å². The van der Waals surface area contributed by atoms with Gasteiger partial charge in [0.15, 0.2) is 9.84 Å². The first-order chi connectivity index (χ1) is 9.73. The van der Waals surface area contributed by atoms with Crippen molar-refractivity contribution in [1.29, 1.82) is 0 Å². The second-order valence-electron chi connectivity index (χ2n) is 5.58. The second kappa shape index (κ2) is 5.55. The number of anilines is 1. The van der Waals surface area contributed by atoms with E-state index in [0.29, 0.717) is 30.0 Å². The number of nitrogen functional groups attached to an aromatic ring is 1. The summed E-state index contributed by atoms with van der Waals surface area (Å²) in [6.07, 6.45) is 0.418. The standard InChI is InChI=1S/C14H20N2O4S/c1-3-20-12-7-10(6-11(15)8-12)13(17)16-14(2)4-5-21(18,19)9-14/h6-8H,3-5,9,15H2,1-2H3,(H,16,17). The molecule has 116 valence electrons. The molecule has 1 fully saturated rings. The van der Waals surface area contributed by atoms with E-state index in [0.717, 1.165) is 0 Å². The van der Waals surface area contributed by atoms with Crippen LogP contribution >= 0.6 is 0 Å². The number of ether oxygens (including phenoxy) is 1. The molecular weight excluding hydrogens is 292 g/mol. The molecule has 0 aliphatic carbocycles. The molecule has 1 saturated heterocycles. The Hall–Kier alpha value is -1.76. The van der Waals surface area contributed by atoms with E-state index >= 15 is 0 Å². The minimum absolute atomic E-state index is 0.0353. The average Bonchev–Trinajstić information content (AvgIpc) is 2.63. The molecule has 1 unspecified atom stereocenters. The highest BCUT2D eigenvalue weighted by atomic mass is 32.2. The largest absolute Gasteiger partial charge is 0.494 e. The topological polar surface area (TPSA) is 98.5 Å². The molecule has 1 aliphatic rings. The molecule has 2 rings (SSSR count). The third-order valence-corrected chi connectivity index (χ3v) is 5.32. The zero-order valence-corrected chi connectivity index (χ0v) is 13.0. The Kier molecular flexibility index (Phi) is 4.13. The van der Waals surface area contributed by atoms with Crippen LogP contribution in [0.3, 0.4) is 0 Å². The summed E-state index contributed by atoms with van der Waals surface area (Å²) in [5, 5.41) is 2.79. The number of nitrogens with one attached hydrogen (secondary N) is 1. The third kappa shape index (κ3) is 3.87. The molecule has 7 heteroatoms. The summed E-state index contributed by atoms with van der Waals surface area (Å²) in [5.41, 5.74) is 5.82. The van der Waals surface area contributed by atoms with Gasteiger partial charge in [-0.3, -0.25) is 4.79 Å². The van der Waals surface area contributed by atoms with Crippen LogP contribution in [0, 0.1) is 0 Å². The molecule has 1 heterocycles. The molecule has 3 N–H and O–H groups in total. The lowest BCUT2D eigenvalue weighted by Crippen LogP contribution is -2.46. The van der Waals surface area contributed by atoms with Crippen LogP contribution in [0.1, 0.15) is 30.6 Å². The molecule has 0 saturated carbocycles. The lowest BCUT2D eigenvalue weighted by atomic mass is 10.0. The summed E-state index contributed by atoms with van der Waals surface area (Å²) >= 11 is 0. The van der Waals surface area contributed by atoms with E-state index in [2.05, 4.69) is 5.32 Å². The lowest BCUT2D eigenvalue weighted by molar-refractivity contribution is 0.0915. The highest BCUT2D eigenvalue weighted by Gasteiger charge is 2.39. The first kappa shape index (κ1) is 15.6. The van der Waals surface area contributed by atoms with Gasteiger partial charge in [0.25, 0.3) is 5.91 Å². The molecule has 1 aromatic rings. The van der Waals surface area contributed by atoms with Crippen molar-refractivity contribution in [3.05, 3.63) is 23.8 Å². The van der Waals surface area contributed by atoms with Crippen molar-refractivity contribution in [3.8, 4) is 5.75 Å². The fourth-order valence-electron chi connectivity index (χ4n) is 2.46. The first-order valence-electron chi connectivity index (χ1n) is 6.79. The molecule has 1 atom stereocenters. The minimum atomic E-state index is -3.07. The Labute approximate surface area is 124 Å². The number of hydrogen-bond acceptors (Lipinski definition) is 5. The summed E-state index contributed by atoms with van der Waals surface area (Å²) in [5.74, 6) is 0.242. The smallest absolute Gasteiger partial charge is 0.251 e. The Bertz CT molecular complexity index is 657. The van der Waals surface area contributed by atoms with Crippen LogP contribution < -0.4 is 15.8 Å². The number of hydrogen-bond donors (Lipinski definition) is 2. The summed E-state index contributed by atoms with van der Waals surface area (Å²) in [6, 6.07) is 4.79. The van der Waals surface area contributed by atoms with E-state index in [4.69, 9.17) is 10.5 Å². The molecule has 1 aromatic carbocycles. The highest BCUT2D eigenvalue weighted by molar-refractivity contribution is 7.91. The van der Waals surface area contributed by atoms with Crippen molar-refractivity contribution in [2.24, 2.45) is 0 Å². The number of sulfone groups is 1. The van der Waals surface area contributed by atoms with E-state index in [9.17, 15) is 13.2 Å². The van der Waals surface area contributed by atoms with Gasteiger partial charge < -0.3 is 15.8 Å². The van der Waals surface area contributed by atoms with Crippen LogP contribution in [0.25, 0.3) is 0 Å². The van der Waals surface area contributed by atoms with Crippen molar-refractivity contribution >= 4 is 21.4 Å². The maximum absolute atomic E-state index is 12.3. The van der Waals surface area contributed by atoms with E-state index in [-0.39, 0.29) is 17.4 Å². The van der Waals surface area contributed by atoms with Gasteiger partial charge in [0.1, 0.15) is 5.75 Å². The van der Waals surface area contributed by atoms with Gasteiger partial charge in [0, 0.05) is 17.3 Å². The molecule has 0 bridgehead atoms. The lowest BCUT2D eigenvalue weighted by Gasteiger charge is -2.24. The van der Waals surface area contributed by atoms with Crippen LogP contribution in [0.15, 0.2) is 18.2 Å². The predicted octanol–water partition coefficient (Wildman–Crippen LogP) is 0.974.